The summed E-state index contributed by atoms with van der Waals surface area (Å²) in [7, 11) is 0. The summed E-state index contributed by atoms with van der Waals surface area (Å²) < 4.78 is 0. The molecule has 0 fully saturated rings. The number of aromatic hydroxyl groups is 1. The number of nitrogens with zero attached hydrogens (tertiary/aromatic N) is 1. The van der Waals surface area contributed by atoms with E-state index in [4.69, 9.17) is 5.11 Å². The van der Waals surface area contributed by atoms with Crippen molar-refractivity contribution in [3.63, 3.8) is 0 Å². The highest BCUT2D eigenvalue weighted by Crippen LogP contribution is 2.20. The molecule has 1 aromatic carbocycles. The lowest BCUT2D eigenvalue weighted by molar-refractivity contribution is -0.137. The number of carboxylic acids is 1. The first-order valence-electron chi connectivity index (χ1n) is 7.00. The lowest BCUT2D eigenvalue weighted by Crippen LogP contribution is -2.41. The second-order valence-electron chi connectivity index (χ2n) is 4.99. The van der Waals surface area contributed by atoms with Crippen molar-refractivity contribution in [1.29, 1.82) is 0 Å². The van der Waals surface area contributed by atoms with Gasteiger partial charge in [0.25, 0.3) is 0 Å². The van der Waals surface area contributed by atoms with Crippen LogP contribution in [0.15, 0.2) is 24.3 Å². The number of aliphatic carboxylic acids is 1. The third kappa shape index (κ3) is 5.72. The van der Waals surface area contributed by atoms with Crippen LogP contribution in [-0.2, 0) is 4.79 Å². The second-order valence-corrected chi connectivity index (χ2v) is 4.99. The summed E-state index contributed by atoms with van der Waals surface area (Å²) in [5.41, 5.74) is 0.619. The van der Waals surface area contributed by atoms with Crippen molar-refractivity contribution in [2.24, 2.45) is 5.92 Å². The molecule has 6 heteroatoms. The van der Waals surface area contributed by atoms with Gasteiger partial charge in [-0.1, -0.05) is 13.0 Å². The third-order valence-corrected chi connectivity index (χ3v) is 3.16. The largest absolute Gasteiger partial charge is 0.508 e. The number of carbonyl (C=O) groups is 2. The van der Waals surface area contributed by atoms with E-state index in [1.165, 1.54) is 11.0 Å². The monoisotopic (exact) mass is 294 g/mol. The Kier molecular flexibility index (Phi) is 6.52. The number of hydrogen-bond donors (Lipinski definition) is 3. The van der Waals surface area contributed by atoms with Crippen LogP contribution < -0.4 is 10.2 Å². The quantitative estimate of drug-likeness (QED) is 0.720. The zero-order valence-electron chi connectivity index (χ0n) is 12.4. The highest BCUT2D eigenvalue weighted by atomic mass is 16.4. The number of benzene rings is 1. The summed E-state index contributed by atoms with van der Waals surface area (Å²) >= 11 is 0. The molecular weight excluding hydrogens is 272 g/mol. The van der Waals surface area contributed by atoms with E-state index < -0.39 is 5.97 Å². The molecule has 0 spiro atoms. The van der Waals surface area contributed by atoms with Crippen molar-refractivity contribution in [3.8, 4) is 5.75 Å². The van der Waals surface area contributed by atoms with Gasteiger partial charge in [0.15, 0.2) is 0 Å². The predicted molar refractivity (Wildman–Crippen MR) is 80.6 cm³/mol. The van der Waals surface area contributed by atoms with Crippen molar-refractivity contribution in [2.75, 3.05) is 18.0 Å². The molecule has 0 heterocycles. The van der Waals surface area contributed by atoms with Crippen LogP contribution in [0.3, 0.4) is 0 Å². The molecule has 21 heavy (non-hydrogen) atoms. The molecular formula is C15H22N2O4. The van der Waals surface area contributed by atoms with Gasteiger partial charge in [0, 0.05) is 31.3 Å². The molecule has 0 aliphatic rings. The van der Waals surface area contributed by atoms with Crippen LogP contribution in [0.25, 0.3) is 0 Å². The molecule has 1 aromatic rings. The highest BCUT2D eigenvalue weighted by Gasteiger charge is 2.15. The van der Waals surface area contributed by atoms with Crippen LogP contribution >= 0.6 is 0 Å². The number of nitrogens with one attached hydrogen (secondary N) is 1. The Morgan fingerprint density at radius 1 is 1.38 bits per heavy atom. The van der Waals surface area contributed by atoms with Crippen molar-refractivity contribution >= 4 is 17.7 Å². The summed E-state index contributed by atoms with van der Waals surface area (Å²) in [6, 6.07) is 6.23. The van der Waals surface area contributed by atoms with Crippen LogP contribution in [0.4, 0.5) is 10.5 Å². The maximum Gasteiger partial charge on any atom is 0.321 e. The smallest absolute Gasteiger partial charge is 0.321 e. The Labute approximate surface area is 124 Å². The lowest BCUT2D eigenvalue weighted by Gasteiger charge is -2.22. The summed E-state index contributed by atoms with van der Waals surface area (Å²) in [4.78, 5) is 24.2. The zero-order valence-corrected chi connectivity index (χ0v) is 12.4. The molecule has 2 amide bonds. The summed E-state index contributed by atoms with van der Waals surface area (Å²) in [6.07, 6.45) is 0.620. The maximum absolute atomic E-state index is 12.1. The normalized spacial score (nSPS) is 11.7. The minimum Gasteiger partial charge on any atom is -0.508 e. The third-order valence-electron chi connectivity index (χ3n) is 3.16. The van der Waals surface area contributed by atoms with E-state index in [0.717, 1.165) is 0 Å². The van der Waals surface area contributed by atoms with Gasteiger partial charge in [0.2, 0.25) is 0 Å². The molecule has 1 atom stereocenters. The first-order chi connectivity index (χ1) is 9.93. The molecule has 0 saturated carbocycles. The molecule has 3 N–H and O–H groups in total. The van der Waals surface area contributed by atoms with Crippen LogP contribution in [-0.4, -0.2) is 35.3 Å². The molecule has 0 bridgehead atoms. The van der Waals surface area contributed by atoms with Gasteiger partial charge in [-0.2, -0.15) is 0 Å². The molecule has 0 radical (unpaired) electrons. The number of hydrogen-bond acceptors (Lipinski definition) is 3. The van der Waals surface area contributed by atoms with E-state index in [1.807, 2.05) is 13.8 Å². The molecule has 0 aromatic heterocycles. The standard InChI is InChI=1S/C15H22N2O4/c1-3-17(12-5-4-6-13(18)9-12)15(21)16-10-11(2)7-8-14(19)20/h4-6,9,11,18H,3,7-8,10H2,1-2H3,(H,16,21)(H,19,20). The fourth-order valence-corrected chi connectivity index (χ4v) is 1.93. The Hall–Kier alpha value is -2.24. The highest BCUT2D eigenvalue weighted by molar-refractivity contribution is 5.92. The summed E-state index contributed by atoms with van der Waals surface area (Å²) in [6.45, 7) is 4.63. The molecule has 0 aliphatic carbocycles. The predicted octanol–water partition coefficient (Wildman–Crippen LogP) is 2.43. The molecule has 0 saturated heterocycles. The molecule has 1 rings (SSSR count). The first kappa shape index (κ1) is 16.8. The average Bonchev–Trinajstić information content (AvgIpc) is 2.43. The average molecular weight is 294 g/mol. The minimum absolute atomic E-state index is 0.0907. The van der Waals surface area contributed by atoms with Gasteiger partial charge in [-0.15, -0.1) is 0 Å². The van der Waals surface area contributed by atoms with Gasteiger partial charge in [-0.25, -0.2) is 4.79 Å². The van der Waals surface area contributed by atoms with Crippen molar-refractivity contribution in [2.45, 2.75) is 26.7 Å². The number of carbonyl (C=O) groups excluding carboxylic acids is 1. The molecule has 116 valence electrons. The number of rotatable bonds is 7. The van der Waals surface area contributed by atoms with E-state index in [1.54, 1.807) is 18.2 Å². The molecule has 0 aliphatic heterocycles. The Morgan fingerprint density at radius 2 is 2.10 bits per heavy atom. The van der Waals surface area contributed by atoms with Crippen molar-refractivity contribution in [1.82, 2.24) is 5.32 Å². The van der Waals surface area contributed by atoms with E-state index in [2.05, 4.69) is 5.32 Å². The summed E-state index contributed by atoms with van der Waals surface area (Å²) in [5, 5.41) is 20.9. The van der Waals surface area contributed by atoms with Gasteiger partial charge < -0.3 is 15.5 Å². The first-order valence-corrected chi connectivity index (χ1v) is 7.00. The molecule has 6 nitrogen and oxygen atoms in total. The van der Waals surface area contributed by atoms with Gasteiger partial charge in [0.05, 0.1) is 0 Å². The van der Waals surface area contributed by atoms with Crippen molar-refractivity contribution < 1.29 is 19.8 Å². The number of phenolic OH excluding ortho intramolecular Hbond substituents is 1. The number of amides is 2. The fraction of sp³-hybridized carbons (Fsp3) is 0.467. The van der Waals surface area contributed by atoms with E-state index in [-0.39, 0.29) is 24.1 Å². The molecule has 1 unspecified atom stereocenters. The van der Waals surface area contributed by atoms with Crippen molar-refractivity contribution in [3.05, 3.63) is 24.3 Å². The van der Waals surface area contributed by atoms with Crippen LogP contribution in [0.2, 0.25) is 0 Å². The lowest BCUT2D eigenvalue weighted by atomic mass is 10.1. The van der Waals surface area contributed by atoms with Crippen LogP contribution in [0.5, 0.6) is 5.75 Å². The van der Waals surface area contributed by atoms with Crippen LogP contribution in [0.1, 0.15) is 26.7 Å². The van der Waals surface area contributed by atoms with Crippen LogP contribution in [0, 0.1) is 5.92 Å². The van der Waals surface area contributed by atoms with Gasteiger partial charge in [-0.05, 0) is 31.4 Å². The fourth-order valence-electron chi connectivity index (χ4n) is 1.93. The zero-order chi connectivity index (χ0) is 15.8. The Bertz CT molecular complexity index is 490. The SMILES string of the molecule is CCN(C(=O)NCC(C)CCC(=O)O)c1cccc(O)c1. The van der Waals surface area contributed by atoms with Gasteiger partial charge in [-0.3, -0.25) is 9.69 Å². The number of phenols is 1. The van der Waals surface area contributed by atoms with E-state index in [0.29, 0.717) is 25.2 Å². The van der Waals surface area contributed by atoms with E-state index in [9.17, 15) is 14.7 Å². The maximum atomic E-state index is 12.1. The minimum atomic E-state index is -0.830. The van der Waals surface area contributed by atoms with Gasteiger partial charge in [0.1, 0.15) is 5.75 Å². The Morgan fingerprint density at radius 3 is 2.67 bits per heavy atom. The number of urea groups is 1. The number of carboxylic acid groups (broad SMARTS) is 1. The number of anilines is 1. The topological polar surface area (TPSA) is 89.9 Å². The second kappa shape index (κ2) is 8.14. The Balaban J connectivity index is 2.54. The summed E-state index contributed by atoms with van der Waals surface area (Å²) in [5.74, 6) is -0.635. The van der Waals surface area contributed by atoms with E-state index >= 15 is 0 Å². The van der Waals surface area contributed by atoms with Gasteiger partial charge >= 0.3 is 12.0 Å².